The van der Waals surface area contributed by atoms with Crippen LogP contribution in [0.4, 0.5) is 17.1 Å². The van der Waals surface area contributed by atoms with Gasteiger partial charge in [0.15, 0.2) is 0 Å². The van der Waals surface area contributed by atoms with Crippen LogP contribution in [-0.2, 0) is 0 Å². The number of nitrogens with one attached hydrogen (secondary N) is 2. The zero-order valence-electron chi connectivity index (χ0n) is 10.8. The minimum absolute atomic E-state index is 0.0357. The molecule has 0 aromatic heterocycles. The van der Waals surface area contributed by atoms with E-state index in [0.717, 1.165) is 0 Å². The van der Waals surface area contributed by atoms with Crippen LogP contribution in [-0.4, -0.2) is 29.2 Å². The molecule has 0 fully saturated rings. The Morgan fingerprint density at radius 2 is 1.94 bits per heavy atom. The SMILES string of the molecule is CNc1cc(NC(C)CC(C)O)cc([N+](=O)[O-])c1. The van der Waals surface area contributed by atoms with Crippen LogP contribution < -0.4 is 10.6 Å². The Bertz CT molecular complexity index is 421. The molecule has 0 saturated carbocycles. The summed E-state index contributed by atoms with van der Waals surface area (Å²) in [5, 5.41) is 26.1. The molecule has 0 bridgehead atoms. The van der Waals surface area contributed by atoms with Crippen LogP contribution in [0.2, 0.25) is 0 Å². The maximum atomic E-state index is 10.8. The third-order valence-electron chi connectivity index (χ3n) is 2.52. The van der Waals surface area contributed by atoms with Gasteiger partial charge in [0.05, 0.1) is 11.0 Å². The van der Waals surface area contributed by atoms with Crippen LogP contribution in [0, 0.1) is 10.1 Å². The summed E-state index contributed by atoms with van der Waals surface area (Å²) in [7, 11) is 1.71. The van der Waals surface area contributed by atoms with Crippen LogP contribution in [0.15, 0.2) is 18.2 Å². The Labute approximate surface area is 106 Å². The molecule has 0 radical (unpaired) electrons. The molecule has 0 amide bonds. The lowest BCUT2D eigenvalue weighted by atomic mass is 10.1. The number of aliphatic hydroxyl groups excluding tert-OH is 1. The van der Waals surface area contributed by atoms with Crippen LogP contribution >= 0.6 is 0 Å². The molecule has 0 aliphatic carbocycles. The van der Waals surface area contributed by atoms with Crippen LogP contribution in [0.25, 0.3) is 0 Å². The molecular formula is C12H19N3O3. The van der Waals surface area contributed by atoms with E-state index >= 15 is 0 Å². The number of non-ortho nitro benzene ring substituents is 1. The van der Waals surface area contributed by atoms with Crippen molar-refractivity contribution >= 4 is 17.1 Å². The second-order valence-corrected chi connectivity index (χ2v) is 4.41. The lowest BCUT2D eigenvalue weighted by Crippen LogP contribution is -2.20. The number of nitro groups is 1. The number of hydrogen-bond donors (Lipinski definition) is 3. The predicted octanol–water partition coefficient (Wildman–Crippen LogP) is 2.21. The van der Waals surface area contributed by atoms with Gasteiger partial charge in [0.1, 0.15) is 0 Å². The topological polar surface area (TPSA) is 87.4 Å². The highest BCUT2D eigenvalue weighted by atomic mass is 16.6. The van der Waals surface area contributed by atoms with Crippen molar-refractivity contribution in [2.75, 3.05) is 17.7 Å². The van der Waals surface area contributed by atoms with Gasteiger partial charge in [0.25, 0.3) is 5.69 Å². The lowest BCUT2D eigenvalue weighted by molar-refractivity contribution is -0.384. The molecule has 6 nitrogen and oxygen atoms in total. The van der Waals surface area contributed by atoms with Crippen molar-refractivity contribution in [2.45, 2.75) is 32.4 Å². The summed E-state index contributed by atoms with van der Waals surface area (Å²) < 4.78 is 0. The fourth-order valence-electron chi connectivity index (χ4n) is 1.80. The van der Waals surface area contributed by atoms with E-state index in [1.807, 2.05) is 6.92 Å². The number of nitrogens with zero attached hydrogens (tertiary/aromatic N) is 1. The molecule has 1 aromatic rings. The first-order valence-corrected chi connectivity index (χ1v) is 5.84. The average Bonchev–Trinajstić information content (AvgIpc) is 2.27. The summed E-state index contributed by atoms with van der Waals surface area (Å²) >= 11 is 0. The number of aliphatic hydroxyl groups is 1. The average molecular weight is 253 g/mol. The van der Waals surface area contributed by atoms with E-state index in [2.05, 4.69) is 10.6 Å². The Kier molecular flexibility index (Phi) is 4.91. The fraction of sp³-hybridized carbons (Fsp3) is 0.500. The molecule has 0 saturated heterocycles. The van der Waals surface area contributed by atoms with Crippen molar-refractivity contribution in [3.8, 4) is 0 Å². The second-order valence-electron chi connectivity index (χ2n) is 4.41. The fourth-order valence-corrected chi connectivity index (χ4v) is 1.80. The van der Waals surface area contributed by atoms with Gasteiger partial charge in [-0.25, -0.2) is 0 Å². The van der Waals surface area contributed by atoms with Gasteiger partial charge in [-0.2, -0.15) is 0 Å². The summed E-state index contributed by atoms with van der Waals surface area (Å²) in [6, 6.07) is 4.80. The zero-order chi connectivity index (χ0) is 13.7. The molecule has 2 atom stereocenters. The summed E-state index contributed by atoms with van der Waals surface area (Å²) in [5.74, 6) is 0. The minimum atomic E-state index is -0.425. The van der Waals surface area contributed by atoms with Crippen molar-refractivity contribution in [3.63, 3.8) is 0 Å². The smallest absolute Gasteiger partial charge is 0.273 e. The highest BCUT2D eigenvalue weighted by Crippen LogP contribution is 2.24. The normalized spacial score (nSPS) is 13.8. The highest BCUT2D eigenvalue weighted by Gasteiger charge is 2.11. The third-order valence-corrected chi connectivity index (χ3v) is 2.52. The van der Waals surface area contributed by atoms with Gasteiger partial charge < -0.3 is 15.7 Å². The van der Waals surface area contributed by atoms with Gasteiger partial charge in [-0.15, -0.1) is 0 Å². The maximum Gasteiger partial charge on any atom is 0.273 e. The number of nitro benzene ring substituents is 1. The quantitative estimate of drug-likeness (QED) is 0.534. The minimum Gasteiger partial charge on any atom is -0.393 e. The molecular weight excluding hydrogens is 234 g/mol. The van der Waals surface area contributed by atoms with Gasteiger partial charge in [0, 0.05) is 36.6 Å². The van der Waals surface area contributed by atoms with Gasteiger partial charge in [0.2, 0.25) is 0 Å². The predicted molar refractivity (Wildman–Crippen MR) is 72.0 cm³/mol. The van der Waals surface area contributed by atoms with Crippen molar-refractivity contribution < 1.29 is 10.0 Å². The van der Waals surface area contributed by atoms with E-state index in [4.69, 9.17) is 0 Å². The molecule has 0 aliphatic rings. The molecule has 6 heteroatoms. The zero-order valence-corrected chi connectivity index (χ0v) is 10.8. The largest absolute Gasteiger partial charge is 0.393 e. The number of benzene rings is 1. The van der Waals surface area contributed by atoms with E-state index in [1.54, 1.807) is 20.0 Å². The Balaban J connectivity index is 2.87. The number of hydrogen-bond acceptors (Lipinski definition) is 5. The monoisotopic (exact) mass is 253 g/mol. The third kappa shape index (κ3) is 4.21. The van der Waals surface area contributed by atoms with Crippen LogP contribution in [0.1, 0.15) is 20.3 Å². The maximum absolute atomic E-state index is 10.8. The van der Waals surface area contributed by atoms with Crippen molar-refractivity contribution in [1.29, 1.82) is 0 Å². The molecule has 1 rings (SSSR count). The summed E-state index contributed by atoms with van der Waals surface area (Å²) in [4.78, 5) is 10.4. The van der Waals surface area contributed by atoms with E-state index in [1.165, 1.54) is 12.1 Å². The summed E-state index contributed by atoms with van der Waals surface area (Å²) in [6.45, 7) is 3.63. The van der Waals surface area contributed by atoms with Gasteiger partial charge in [-0.1, -0.05) is 0 Å². The summed E-state index contributed by atoms with van der Waals surface area (Å²) in [5.41, 5.74) is 1.38. The first-order chi connectivity index (χ1) is 8.42. The van der Waals surface area contributed by atoms with Gasteiger partial charge >= 0.3 is 0 Å². The molecule has 0 heterocycles. The van der Waals surface area contributed by atoms with E-state index in [-0.39, 0.29) is 11.7 Å². The van der Waals surface area contributed by atoms with Crippen molar-refractivity contribution in [3.05, 3.63) is 28.3 Å². The van der Waals surface area contributed by atoms with E-state index < -0.39 is 11.0 Å². The standard InChI is InChI=1S/C12H19N3O3/c1-8(4-9(2)16)14-11-5-10(13-3)6-12(7-11)15(17)18/h5-9,13-14,16H,4H2,1-3H3. The molecule has 3 N–H and O–H groups in total. The molecule has 18 heavy (non-hydrogen) atoms. The molecule has 0 aliphatic heterocycles. The van der Waals surface area contributed by atoms with Crippen LogP contribution in [0.5, 0.6) is 0 Å². The Morgan fingerprint density at radius 1 is 1.33 bits per heavy atom. The lowest BCUT2D eigenvalue weighted by Gasteiger charge is -2.17. The first kappa shape index (κ1) is 14.2. The van der Waals surface area contributed by atoms with Gasteiger partial charge in [-0.3, -0.25) is 10.1 Å². The number of anilines is 2. The van der Waals surface area contributed by atoms with E-state index in [9.17, 15) is 15.2 Å². The second kappa shape index (κ2) is 6.20. The van der Waals surface area contributed by atoms with Crippen molar-refractivity contribution in [1.82, 2.24) is 0 Å². The summed E-state index contributed by atoms with van der Waals surface area (Å²) in [6.07, 6.45) is 0.173. The van der Waals surface area contributed by atoms with E-state index in [0.29, 0.717) is 17.8 Å². The molecule has 1 aromatic carbocycles. The van der Waals surface area contributed by atoms with Crippen LogP contribution in [0.3, 0.4) is 0 Å². The Hall–Kier alpha value is -1.82. The number of rotatable bonds is 6. The van der Waals surface area contributed by atoms with Crippen molar-refractivity contribution in [2.24, 2.45) is 0 Å². The first-order valence-electron chi connectivity index (χ1n) is 5.84. The highest BCUT2D eigenvalue weighted by molar-refractivity contribution is 5.63. The molecule has 0 spiro atoms. The molecule has 2 unspecified atom stereocenters. The van der Waals surface area contributed by atoms with Gasteiger partial charge in [-0.05, 0) is 26.3 Å². The molecule has 100 valence electrons. The Morgan fingerprint density at radius 3 is 2.44 bits per heavy atom.